The summed E-state index contributed by atoms with van der Waals surface area (Å²) in [5.41, 5.74) is 3.01. The SMILES string of the molecule is CCN(CC)c1ccc(NCc2ccsc2C(=O)O)cc1. The fraction of sp³-hybridized carbons (Fsp3) is 0.312. The lowest BCUT2D eigenvalue weighted by Crippen LogP contribution is -2.21. The number of thiophene rings is 1. The standard InChI is InChI=1S/C16H20N2O2S/c1-3-18(4-2)14-7-5-13(6-8-14)17-11-12-9-10-21-15(12)16(19)20/h5-10,17H,3-4,11H2,1-2H3,(H,19,20). The van der Waals surface area contributed by atoms with Crippen molar-refractivity contribution in [3.05, 3.63) is 46.2 Å². The van der Waals surface area contributed by atoms with Gasteiger partial charge in [-0.05, 0) is 55.1 Å². The van der Waals surface area contributed by atoms with Crippen LogP contribution >= 0.6 is 11.3 Å². The summed E-state index contributed by atoms with van der Waals surface area (Å²) < 4.78 is 0. The van der Waals surface area contributed by atoms with Gasteiger partial charge in [-0.15, -0.1) is 11.3 Å². The molecule has 0 aliphatic heterocycles. The van der Waals surface area contributed by atoms with E-state index >= 15 is 0 Å². The third kappa shape index (κ3) is 3.76. The Bertz CT molecular complexity index is 589. The molecule has 2 rings (SSSR count). The number of aromatic carboxylic acids is 1. The van der Waals surface area contributed by atoms with E-state index in [4.69, 9.17) is 5.11 Å². The number of anilines is 2. The highest BCUT2D eigenvalue weighted by molar-refractivity contribution is 7.12. The van der Waals surface area contributed by atoms with Crippen LogP contribution in [0.15, 0.2) is 35.7 Å². The van der Waals surface area contributed by atoms with Crippen LogP contribution in [0.3, 0.4) is 0 Å². The molecule has 0 saturated carbocycles. The first-order valence-corrected chi connectivity index (χ1v) is 7.92. The number of hydrogen-bond donors (Lipinski definition) is 2. The average molecular weight is 304 g/mol. The van der Waals surface area contributed by atoms with Gasteiger partial charge in [-0.3, -0.25) is 0 Å². The van der Waals surface area contributed by atoms with Crippen molar-refractivity contribution in [1.82, 2.24) is 0 Å². The van der Waals surface area contributed by atoms with Crippen molar-refractivity contribution < 1.29 is 9.90 Å². The summed E-state index contributed by atoms with van der Waals surface area (Å²) in [5.74, 6) is -0.862. The molecule has 0 unspecified atom stereocenters. The van der Waals surface area contributed by atoms with Crippen molar-refractivity contribution in [3.8, 4) is 0 Å². The molecule has 0 spiro atoms. The van der Waals surface area contributed by atoms with Crippen molar-refractivity contribution in [2.45, 2.75) is 20.4 Å². The Balaban J connectivity index is 2.01. The van der Waals surface area contributed by atoms with Crippen molar-refractivity contribution in [2.24, 2.45) is 0 Å². The fourth-order valence-electron chi connectivity index (χ4n) is 2.24. The molecular formula is C16H20N2O2S. The minimum Gasteiger partial charge on any atom is -0.477 e. The van der Waals surface area contributed by atoms with E-state index in [0.29, 0.717) is 11.4 Å². The van der Waals surface area contributed by atoms with Crippen LogP contribution in [-0.2, 0) is 6.54 Å². The Morgan fingerprint density at radius 2 is 1.86 bits per heavy atom. The van der Waals surface area contributed by atoms with Gasteiger partial charge in [-0.2, -0.15) is 0 Å². The predicted octanol–water partition coefficient (Wildman–Crippen LogP) is 3.90. The van der Waals surface area contributed by atoms with E-state index in [9.17, 15) is 4.79 Å². The van der Waals surface area contributed by atoms with Crippen LogP contribution in [0.5, 0.6) is 0 Å². The Labute approximate surface area is 129 Å². The molecule has 2 aromatic rings. The highest BCUT2D eigenvalue weighted by Crippen LogP contribution is 2.21. The minimum atomic E-state index is -0.862. The Morgan fingerprint density at radius 1 is 1.19 bits per heavy atom. The largest absolute Gasteiger partial charge is 0.477 e. The second-order valence-electron chi connectivity index (χ2n) is 4.65. The minimum absolute atomic E-state index is 0.405. The second-order valence-corrected chi connectivity index (χ2v) is 5.57. The molecule has 0 radical (unpaired) electrons. The molecule has 0 atom stereocenters. The number of nitrogens with one attached hydrogen (secondary N) is 1. The van der Waals surface area contributed by atoms with Gasteiger partial charge < -0.3 is 15.3 Å². The lowest BCUT2D eigenvalue weighted by molar-refractivity contribution is 0.0701. The van der Waals surface area contributed by atoms with E-state index in [0.717, 1.165) is 24.3 Å². The van der Waals surface area contributed by atoms with E-state index in [1.165, 1.54) is 17.0 Å². The molecule has 1 aromatic heterocycles. The van der Waals surface area contributed by atoms with E-state index in [-0.39, 0.29) is 0 Å². The molecule has 0 aliphatic rings. The molecule has 0 fully saturated rings. The topological polar surface area (TPSA) is 52.6 Å². The predicted molar refractivity (Wildman–Crippen MR) is 88.6 cm³/mol. The van der Waals surface area contributed by atoms with Gasteiger partial charge in [0, 0.05) is 31.0 Å². The van der Waals surface area contributed by atoms with Gasteiger partial charge in [0.05, 0.1) is 0 Å². The van der Waals surface area contributed by atoms with Crippen LogP contribution in [0.2, 0.25) is 0 Å². The fourth-order valence-corrected chi connectivity index (χ4v) is 3.00. The second kappa shape index (κ2) is 7.13. The number of benzene rings is 1. The van der Waals surface area contributed by atoms with Crippen LogP contribution in [0.4, 0.5) is 11.4 Å². The molecule has 1 heterocycles. The van der Waals surface area contributed by atoms with Crippen molar-refractivity contribution in [2.75, 3.05) is 23.3 Å². The number of rotatable bonds is 7. The van der Waals surface area contributed by atoms with Crippen LogP contribution < -0.4 is 10.2 Å². The zero-order valence-corrected chi connectivity index (χ0v) is 13.1. The van der Waals surface area contributed by atoms with Gasteiger partial charge in [-0.1, -0.05) is 0 Å². The zero-order valence-electron chi connectivity index (χ0n) is 12.3. The summed E-state index contributed by atoms with van der Waals surface area (Å²) in [7, 11) is 0. The van der Waals surface area contributed by atoms with Gasteiger partial charge >= 0.3 is 5.97 Å². The third-order valence-electron chi connectivity index (χ3n) is 3.42. The van der Waals surface area contributed by atoms with E-state index in [1.54, 1.807) is 0 Å². The first-order chi connectivity index (χ1) is 10.2. The van der Waals surface area contributed by atoms with Crippen molar-refractivity contribution in [3.63, 3.8) is 0 Å². The normalized spacial score (nSPS) is 10.4. The first kappa shape index (κ1) is 15.4. The highest BCUT2D eigenvalue weighted by atomic mass is 32.1. The molecule has 0 aliphatic carbocycles. The molecule has 112 valence electrons. The number of carboxylic acid groups (broad SMARTS) is 1. The average Bonchev–Trinajstić information content (AvgIpc) is 2.96. The quantitative estimate of drug-likeness (QED) is 0.814. The molecule has 0 bridgehead atoms. The monoisotopic (exact) mass is 304 g/mol. The molecule has 2 N–H and O–H groups in total. The molecule has 1 aromatic carbocycles. The number of carbonyl (C=O) groups is 1. The van der Waals surface area contributed by atoms with Crippen molar-refractivity contribution in [1.29, 1.82) is 0 Å². The molecule has 4 nitrogen and oxygen atoms in total. The Kier molecular flexibility index (Phi) is 5.22. The summed E-state index contributed by atoms with van der Waals surface area (Å²) in [6, 6.07) is 10.1. The Morgan fingerprint density at radius 3 is 2.43 bits per heavy atom. The van der Waals surface area contributed by atoms with Crippen LogP contribution in [0, 0.1) is 0 Å². The maximum atomic E-state index is 11.1. The molecule has 0 amide bonds. The summed E-state index contributed by atoms with van der Waals surface area (Å²) in [6.07, 6.45) is 0. The maximum absolute atomic E-state index is 11.1. The maximum Gasteiger partial charge on any atom is 0.346 e. The summed E-state index contributed by atoms with van der Waals surface area (Å²) >= 11 is 1.26. The number of nitrogens with zero attached hydrogens (tertiary/aromatic N) is 1. The van der Waals surface area contributed by atoms with Crippen molar-refractivity contribution >= 4 is 28.7 Å². The van der Waals surface area contributed by atoms with Gasteiger partial charge in [0.25, 0.3) is 0 Å². The van der Waals surface area contributed by atoms with E-state index in [2.05, 4.69) is 36.2 Å². The highest BCUT2D eigenvalue weighted by Gasteiger charge is 2.11. The lowest BCUT2D eigenvalue weighted by Gasteiger charge is -2.21. The number of hydrogen-bond acceptors (Lipinski definition) is 4. The Hall–Kier alpha value is -2.01. The zero-order chi connectivity index (χ0) is 15.2. The van der Waals surface area contributed by atoms with Gasteiger partial charge in [0.2, 0.25) is 0 Å². The summed E-state index contributed by atoms with van der Waals surface area (Å²) in [6.45, 7) is 6.77. The smallest absolute Gasteiger partial charge is 0.346 e. The van der Waals surface area contributed by atoms with Crippen LogP contribution in [-0.4, -0.2) is 24.2 Å². The molecular weight excluding hydrogens is 284 g/mol. The van der Waals surface area contributed by atoms with Crippen LogP contribution in [0.25, 0.3) is 0 Å². The molecule has 0 saturated heterocycles. The summed E-state index contributed by atoms with van der Waals surface area (Å²) in [4.78, 5) is 13.7. The molecule has 21 heavy (non-hydrogen) atoms. The molecule has 5 heteroatoms. The van der Waals surface area contributed by atoms with Gasteiger partial charge in [0.15, 0.2) is 0 Å². The van der Waals surface area contributed by atoms with Gasteiger partial charge in [0.1, 0.15) is 4.88 Å². The van der Waals surface area contributed by atoms with Gasteiger partial charge in [-0.25, -0.2) is 4.79 Å². The van der Waals surface area contributed by atoms with E-state index in [1.807, 2.05) is 23.6 Å². The number of carboxylic acids is 1. The lowest BCUT2D eigenvalue weighted by atomic mass is 10.2. The van der Waals surface area contributed by atoms with Crippen LogP contribution in [0.1, 0.15) is 29.1 Å². The third-order valence-corrected chi connectivity index (χ3v) is 4.36. The first-order valence-electron chi connectivity index (χ1n) is 7.04. The summed E-state index contributed by atoms with van der Waals surface area (Å²) in [5, 5.41) is 14.2. The van der Waals surface area contributed by atoms with E-state index < -0.39 is 5.97 Å².